The third-order valence-electron chi connectivity index (χ3n) is 5.72. The van der Waals surface area contributed by atoms with Crippen LogP contribution in [0.15, 0.2) is 59.7 Å². The summed E-state index contributed by atoms with van der Waals surface area (Å²) in [6.45, 7) is 3.67. The predicted molar refractivity (Wildman–Crippen MR) is 123 cm³/mol. The maximum Gasteiger partial charge on any atom is 0.267 e. The van der Waals surface area contributed by atoms with Crippen molar-refractivity contribution in [1.82, 2.24) is 15.2 Å². The van der Waals surface area contributed by atoms with Gasteiger partial charge in [0.25, 0.3) is 5.91 Å². The first kappa shape index (κ1) is 22.5. The molecule has 2 aromatic carbocycles. The van der Waals surface area contributed by atoms with Gasteiger partial charge in [-0.15, -0.1) is 0 Å². The fourth-order valence-electron chi connectivity index (χ4n) is 4.00. The van der Waals surface area contributed by atoms with Gasteiger partial charge in [-0.25, -0.2) is 5.01 Å². The number of rotatable bonds is 7. The molecule has 0 radical (unpaired) electrons. The van der Waals surface area contributed by atoms with E-state index in [1.54, 1.807) is 0 Å². The van der Waals surface area contributed by atoms with Gasteiger partial charge in [0.15, 0.2) is 0 Å². The largest absolute Gasteiger partial charge is 0.379 e. The van der Waals surface area contributed by atoms with Gasteiger partial charge < -0.3 is 10.1 Å². The molecule has 2 amide bonds. The summed E-state index contributed by atoms with van der Waals surface area (Å²) in [7, 11) is 0. The summed E-state index contributed by atoms with van der Waals surface area (Å²) in [4.78, 5) is 27.5. The minimum atomic E-state index is -0.240. The Morgan fingerprint density at radius 2 is 1.88 bits per heavy atom. The van der Waals surface area contributed by atoms with Crippen LogP contribution in [-0.2, 0) is 20.9 Å². The molecule has 2 aliphatic rings. The lowest BCUT2D eigenvalue weighted by Gasteiger charge is -2.35. The van der Waals surface area contributed by atoms with E-state index in [1.807, 2.05) is 54.6 Å². The molecule has 4 rings (SSSR count). The van der Waals surface area contributed by atoms with Gasteiger partial charge >= 0.3 is 0 Å². The highest BCUT2D eigenvalue weighted by molar-refractivity contribution is 6.39. The molecule has 168 valence electrons. The Balaban J connectivity index is 1.45. The molecular formula is C24H27ClN4O3. The standard InChI is InChI=1S/C24H27ClN4O3/c25-20-8-4-7-19(15-20)22(28-11-13-32-14-12-28)16-26-24(31)21-9-10-23(30)29(27-21)17-18-5-2-1-3-6-18/h1-8,15,22H,9-14,16-17H2,(H,26,31). The summed E-state index contributed by atoms with van der Waals surface area (Å²) in [6.07, 6.45) is 0.621. The highest BCUT2D eigenvalue weighted by atomic mass is 35.5. The van der Waals surface area contributed by atoms with Crippen LogP contribution < -0.4 is 5.32 Å². The van der Waals surface area contributed by atoms with Gasteiger partial charge in [-0.05, 0) is 23.3 Å². The molecule has 1 atom stereocenters. The van der Waals surface area contributed by atoms with Gasteiger partial charge in [0.2, 0.25) is 5.91 Å². The van der Waals surface area contributed by atoms with Crippen LogP contribution in [0.25, 0.3) is 0 Å². The Kier molecular flexibility index (Phi) is 7.52. The fraction of sp³-hybridized carbons (Fsp3) is 0.375. The second-order valence-electron chi connectivity index (χ2n) is 7.91. The van der Waals surface area contributed by atoms with Crippen molar-refractivity contribution < 1.29 is 14.3 Å². The van der Waals surface area contributed by atoms with E-state index < -0.39 is 0 Å². The third kappa shape index (κ3) is 5.73. The number of ether oxygens (including phenoxy) is 1. The van der Waals surface area contributed by atoms with Crippen molar-refractivity contribution in [2.24, 2.45) is 5.10 Å². The zero-order valence-electron chi connectivity index (χ0n) is 17.9. The zero-order valence-corrected chi connectivity index (χ0v) is 18.6. The molecule has 2 heterocycles. The number of hydrazone groups is 1. The second-order valence-corrected chi connectivity index (χ2v) is 8.35. The molecule has 0 aliphatic carbocycles. The molecule has 2 aliphatic heterocycles. The van der Waals surface area contributed by atoms with Crippen molar-refractivity contribution in [2.45, 2.75) is 25.4 Å². The van der Waals surface area contributed by atoms with Crippen molar-refractivity contribution in [3.63, 3.8) is 0 Å². The van der Waals surface area contributed by atoms with Crippen molar-refractivity contribution in [2.75, 3.05) is 32.8 Å². The topological polar surface area (TPSA) is 74.2 Å². The fourth-order valence-corrected chi connectivity index (χ4v) is 4.20. The first-order valence-electron chi connectivity index (χ1n) is 10.9. The van der Waals surface area contributed by atoms with Crippen molar-refractivity contribution >= 4 is 29.1 Å². The van der Waals surface area contributed by atoms with E-state index >= 15 is 0 Å². The normalized spacial score (nSPS) is 18.2. The predicted octanol–water partition coefficient (Wildman–Crippen LogP) is 3.01. The van der Waals surface area contributed by atoms with Crippen LogP contribution in [0.2, 0.25) is 5.02 Å². The summed E-state index contributed by atoms with van der Waals surface area (Å²) in [5.41, 5.74) is 2.40. The lowest BCUT2D eigenvalue weighted by Crippen LogP contribution is -2.45. The Bertz CT molecular complexity index is 976. The monoisotopic (exact) mass is 454 g/mol. The Morgan fingerprint density at radius 1 is 1.09 bits per heavy atom. The molecule has 32 heavy (non-hydrogen) atoms. The van der Waals surface area contributed by atoms with Gasteiger partial charge in [0.1, 0.15) is 5.71 Å². The Morgan fingerprint density at radius 3 is 2.62 bits per heavy atom. The van der Waals surface area contributed by atoms with Crippen LogP contribution in [0.5, 0.6) is 0 Å². The van der Waals surface area contributed by atoms with E-state index in [1.165, 1.54) is 5.01 Å². The first-order chi connectivity index (χ1) is 15.6. The molecule has 1 saturated heterocycles. The summed E-state index contributed by atoms with van der Waals surface area (Å²) in [6, 6.07) is 17.3. The number of benzene rings is 2. The number of amides is 2. The summed E-state index contributed by atoms with van der Waals surface area (Å²) in [5, 5.41) is 9.46. The Labute approximate surface area is 193 Å². The number of hydrogen-bond acceptors (Lipinski definition) is 5. The molecule has 1 N–H and O–H groups in total. The molecule has 0 spiro atoms. The van der Waals surface area contributed by atoms with Crippen LogP contribution >= 0.6 is 11.6 Å². The van der Waals surface area contributed by atoms with Crippen molar-refractivity contribution in [3.05, 3.63) is 70.7 Å². The second kappa shape index (κ2) is 10.7. The smallest absolute Gasteiger partial charge is 0.267 e. The SMILES string of the molecule is O=C(NCC(c1cccc(Cl)c1)N1CCOCC1)C1=NN(Cc2ccccc2)C(=O)CC1. The summed E-state index contributed by atoms with van der Waals surface area (Å²) < 4.78 is 5.49. The van der Waals surface area contributed by atoms with Crippen LogP contribution in [0.1, 0.15) is 30.0 Å². The van der Waals surface area contributed by atoms with Gasteiger partial charge in [-0.2, -0.15) is 5.10 Å². The number of nitrogens with zero attached hydrogens (tertiary/aromatic N) is 3. The quantitative estimate of drug-likeness (QED) is 0.698. The van der Waals surface area contributed by atoms with Gasteiger partial charge in [-0.1, -0.05) is 54.1 Å². The number of halogens is 1. The highest BCUT2D eigenvalue weighted by Gasteiger charge is 2.27. The van der Waals surface area contributed by atoms with Gasteiger partial charge in [0.05, 0.1) is 25.8 Å². The number of carbonyl (C=O) groups is 2. The molecular weight excluding hydrogens is 428 g/mol. The minimum Gasteiger partial charge on any atom is -0.379 e. The average Bonchev–Trinajstić information content (AvgIpc) is 2.82. The molecule has 0 saturated carbocycles. The number of morpholine rings is 1. The van der Waals surface area contributed by atoms with E-state index in [-0.39, 0.29) is 24.3 Å². The third-order valence-corrected chi connectivity index (χ3v) is 5.95. The maximum absolute atomic E-state index is 12.9. The van der Waals surface area contributed by atoms with E-state index in [0.29, 0.717) is 43.5 Å². The van der Waals surface area contributed by atoms with E-state index in [2.05, 4.69) is 15.3 Å². The number of nitrogens with one attached hydrogen (secondary N) is 1. The molecule has 1 unspecified atom stereocenters. The van der Waals surface area contributed by atoms with E-state index in [4.69, 9.17) is 16.3 Å². The van der Waals surface area contributed by atoms with Crippen LogP contribution in [0.4, 0.5) is 0 Å². The lowest BCUT2D eigenvalue weighted by atomic mass is 10.0. The van der Waals surface area contributed by atoms with Crippen LogP contribution in [0, 0.1) is 0 Å². The van der Waals surface area contributed by atoms with Crippen molar-refractivity contribution in [3.8, 4) is 0 Å². The van der Waals surface area contributed by atoms with E-state index in [0.717, 1.165) is 24.2 Å². The van der Waals surface area contributed by atoms with Crippen LogP contribution in [-0.4, -0.2) is 60.3 Å². The molecule has 1 fully saturated rings. The number of hydrogen-bond donors (Lipinski definition) is 1. The van der Waals surface area contributed by atoms with Crippen LogP contribution in [0.3, 0.4) is 0 Å². The summed E-state index contributed by atoms with van der Waals surface area (Å²) >= 11 is 6.22. The molecule has 2 aromatic rings. The maximum atomic E-state index is 12.9. The Hall–Kier alpha value is -2.74. The van der Waals surface area contributed by atoms with E-state index in [9.17, 15) is 9.59 Å². The molecule has 0 aromatic heterocycles. The zero-order chi connectivity index (χ0) is 22.3. The first-order valence-corrected chi connectivity index (χ1v) is 11.2. The highest BCUT2D eigenvalue weighted by Crippen LogP contribution is 2.24. The van der Waals surface area contributed by atoms with Gasteiger partial charge in [-0.3, -0.25) is 14.5 Å². The number of carbonyl (C=O) groups excluding carboxylic acids is 2. The summed E-state index contributed by atoms with van der Waals surface area (Å²) in [5.74, 6) is -0.314. The minimum absolute atomic E-state index is 0.0206. The molecule has 0 bridgehead atoms. The van der Waals surface area contributed by atoms with Crippen molar-refractivity contribution in [1.29, 1.82) is 0 Å². The average molecular weight is 455 g/mol. The molecule has 7 nitrogen and oxygen atoms in total. The lowest BCUT2D eigenvalue weighted by molar-refractivity contribution is -0.132. The van der Waals surface area contributed by atoms with Gasteiger partial charge in [0, 0.05) is 37.5 Å². The molecule has 8 heteroatoms.